The van der Waals surface area contributed by atoms with Gasteiger partial charge in [0.05, 0.1) is 6.04 Å². The van der Waals surface area contributed by atoms with E-state index in [-0.39, 0.29) is 25.3 Å². The zero-order valence-electron chi connectivity index (χ0n) is 17.1. The van der Waals surface area contributed by atoms with E-state index < -0.39 is 17.5 Å². The van der Waals surface area contributed by atoms with E-state index >= 15 is 0 Å². The fraction of sp³-hybridized carbons (Fsp3) is 0.348. The van der Waals surface area contributed by atoms with Gasteiger partial charge in [0.25, 0.3) is 5.91 Å². The van der Waals surface area contributed by atoms with Crippen molar-refractivity contribution >= 4 is 17.8 Å². The van der Waals surface area contributed by atoms with E-state index in [2.05, 4.69) is 16.7 Å². The molecule has 3 aliphatic rings. The number of carbonyl (C=O) groups excluding carboxylic acids is 3. The van der Waals surface area contributed by atoms with Gasteiger partial charge in [-0.05, 0) is 55.0 Å². The lowest BCUT2D eigenvalue weighted by Crippen LogP contribution is -2.44. The molecule has 1 saturated heterocycles. The smallest absolute Gasteiger partial charge is 0.325 e. The molecule has 2 aromatic carbocycles. The fourth-order valence-corrected chi connectivity index (χ4v) is 4.53. The second-order valence-electron chi connectivity index (χ2n) is 8.23. The van der Waals surface area contributed by atoms with E-state index in [0.29, 0.717) is 17.1 Å². The minimum Gasteiger partial charge on any atom is -0.454 e. The Hall–Kier alpha value is -3.55. The van der Waals surface area contributed by atoms with E-state index in [0.717, 1.165) is 29.7 Å². The molecule has 4 amide bonds. The Morgan fingerprint density at radius 2 is 2.00 bits per heavy atom. The van der Waals surface area contributed by atoms with E-state index in [1.54, 1.807) is 25.1 Å². The number of urea groups is 1. The van der Waals surface area contributed by atoms with Gasteiger partial charge >= 0.3 is 6.03 Å². The number of ether oxygens (including phenoxy) is 2. The van der Waals surface area contributed by atoms with Crippen LogP contribution in [0.1, 0.15) is 42.5 Å². The first-order valence-corrected chi connectivity index (χ1v) is 10.4. The molecule has 2 aliphatic heterocycles. The lowest BCUT2D eigenvalue weighted by Gasteiger charge is -2.27. The van der Waals surface area contributed by atoms with E-state index in [1.165, 1.54) is 5.56 Å². The topological polar surface area (TPSA) is 97.0 Å². The highest BCUT2D eigenvalue weighted by molar-refractivity contribution is 6.09. The van der Waals surface area contributed by atoms with Crippen LogP contribution in [0.3, 0.4) is 0 Å². The summed E-state index contributed by atoms with van der Waals surface area (Å²) in [5.41, 5.74) is 1.61. The fourth-order valence-electron chi connectivity index (χ4n) is 4.53. The molecular weight excluding hydrogens is 398 g/mol. The molecule has 8 nitrogen and oxygen atoms in total. The van der Waals surface area contributed by atoms with Crippen LogP contribution in [0.2, 0.25) is 0 Å². The summed E-state index contributed by atoms with van der Waals surface area (Å²) in [5.74, 6) is 0.275. The summed E-state index contributed by atoms with van der Waals surface area (Å²) in [4.78, 5) is 39.5. The Labute approximate surface area is 179 Å². The number of carbonyl (C=O) groups is 3. The zero-order valence-corrected chi connectivity index (χ0v) is 17.1. The lowest BCUT2D eigenvalue weighted by atomic mass is 9.88. The molecule has 0 radical (unpaired) electrons. The number of nitrogens with zero attached hydrogens (tertiary/aromatic N) is 1. The standard InChI is InChI=1S/C23H23N3O5/c1-23(15-9-10-18-19(11-15)31-13-30-18)21(28)26(22(29)25-23)12-20(27)24-17-8-4-6-14-5-2-3-7-16(14)17/h2-3,5,7,9-11,17H,4,6,8,12-13H2,1H3,(H,24,27)(H,25,29)/t17-,23+/m0/s1. The van der Waals surface area contributed by atoms with Crippen molar-refractivity contribution < 1.29 is 23.9 Å². The molecule has 0 spiro atoms. The summed E-state index contributed by atoms with van der Waals surface area (Å²) in [6.07, 6.45) is 2.80. The summed E-state index contributed by atoms with van der Waals surface area (Å²) < 4.78 is 10.7. The summed E-state index contributed by atoms with van der Waals surface area (Å²) in [6, 6.07) is 12.4. The summed E-state index contributed by atoms with van der Waals surface area (Å²) >= 11 is 0. The van der Waals surface area contributed by atoms with Crippen LogP contribution in [-0.4, -0.2) is 36.1 Å². The van der Waals surface area contributed by atoms with Crippen LogP contribution < -0.4 is 20.1 Å². The third kappa shape index (κ3) is 3.28. The van der Waals surface area contributed by atoms with Gasteiger partial charge in [-0.15, -0.1) is 0 Å². The van der Waals surface area contributed by atoms with Gasteiger partial charge in [0.15, 0.2) is 11.5 Å². The minimum atomic E-state index is -1.28. The van der Waals surface area contributed by atoms with Gasteiger partial charge in [-0.2, -0.15) is 0 Å². The third-order valence-corrected chi connectivity index (χ3v) is 6.23. The van der Waals surface area contributed by atoms with Crippen LogP contribution in [0.15, 0.2) is 42.5 Å². The molecule has 0 bridgehead atoms. The quantitative estimate of drug-likeness (QED) is 0.739. The third-order valence-electron chi connectivity index (χ3n) is 6.23. The van der Waals surface area contributed by atoms with Crippen LogP contribution in [0.4, 0.5) is 4.79 Å². The number of imide groups is 1. The number of amides is 4. The van der Waals surface area contributed by atoms with Crippen LogP contribution in [0.25, 0.3) is 0 Å². The summed E-state index contributed by atoms with van der Waals surface area (Å²) in [6.45, 7) is 1.41. The molecule has 1 fully saturated rings. The average molecular weight is 421 g/mol. The Kier molecular flexibility index (Phi) is 4.57. The van der Waals surface area contributed by atoms with E-state index in [4.69, 9.17) is 9.47 Å². The highest BCUT2D eigenvalue weighted by Crippen LogP contribution is 2.38. The first kappa shape index (κ1) is 19.4. The molecule has 2 atom stereocenters. The van der Waals surface area contributed by atoms with E-state index in [1.807, 2.05) is 18.2 Å². The van der Waals surface area contributed by atoms with Crippen LogP contribution in [-0.2, 0) is 21.5 Å². The monoisotopic (exact) mass is 421 g/mol. The minimum absolute atomic E-state index is 0.113. The molecule has 31 heavy (non-hydrogen) atoms. The number of nitrogens with one attached hydrogen (secondary N) is 2. The van der Waals surface area contributed by atoms with Crippen LogP contribution in [0.5, 0.6) is 11.5 Å². The molecule has 0 aromatic heterocycles. The Morgan fingerprint density at radius 3 is 2.87 bits per heavy atom. The molecule has 2 aromatic rings. The number of aryl methyl sites for hydroxylation is 1. The maximum Gasteiger partial charge on any atom is 0.325 e. The van der Waals surface area contributed by atoms with Crippen molar-refractivity contribution in [2.75, 3.05) is 13.3 Å². The molecule has 0 saturated carbocycles. The highest BCUT2D eigenvalue weighted by atomic mass is 16.7. The normalized spacial score (nSPS) is 24.0. The van der Waals surface area contributed by atoms with E-state index in [9.17, 15) is 14.4 Å². The maximum atomic E-state index is 13.2. The number of hydrogen-bond donors (Lipinski definition) is 2. The van der Waals surface area contributed by atoms with Gasteiger partial charge in [-0.1, -0.05) is 30.3 Å². The number of fused-ring (bicyclic) bond motifs is 2. The average Bonchev–Trinajstić information content (AvgIpc) is 3.32. The molecule has 8 heteroatoms. The largest absolute Gasteiger partial charge is 0.454 e. The van der Waals surface area contributed by atoms with Gasteiger partial charge in [-0.3, -0.25) is 14.5 Å². The van der Waals surface area contributed by atoms with Crippen molar-refractivity contribution in [3.05, 3.63) is 59.2 Å². The Bertz CT molecular complexity index is 1080. The van der Waals surface area contributed by atoms with Gasteiger partial charge in [0.1, 0.15) is 12.1 Å². The first-order chi connectivity index (χ1) is 15.0. The molecule has 2 N–H and O–H groups in total. The van der Waals surface area contributed by atoms with Crippen molar-refractivity contribution in [2.24, 2.45) is 0 Å². The molecular formula is C23H23N3O5. The number of hydrogen-bond acceptors (Lipinski definition) is 5. The van der Waals surface area contributed by atoms with Gasteiger partial charge in [0.2, 0.25) is 12.7 Å². The molecule has 2 heterocycles. The lowest BCUT2D eigenvalue weighted by molar-refractivity contribution is -0.135. The number of benzene rings is 2. The van der Waals surface area contributed by atoms with Crippen molar-refractivity contribution in [3.63, 3.8) is 0 Å². The van der Waals surface area contributed by atoms with Crippen LogP contribution >= 0.6 is 0 Å². The highest BCUT2D eigenvalue weighted by Gasteiger charge is 2.50. The second kappa shape index (κ2) is 7.30. The van der Waals surface area contributed by atoms with Gasteiger partial charge < -0.3 is 20.1 Å². The van der Waals surface area contributed by atoms with Crippen molar-refractivity contribution in [1.29, 1.82) is 0 Å². The van der Waals surface area contributed by atoms with Gasteiger partial charge in [0, 0.05) is 0 Å². The van der Waals surface area contributed by atoms with Crippen molar-refractivity contribution in [1.82, 2.24) is 15.5 Å². The maximum absolute atomic E-state index is 13.2. The molecule has 1 aliphatic carbocycles. The Balaban J connectivity index is 1.31. The van der Waals surface area contributed by atoms with Crippen LogP contribution in [0, 0.1) is 0 Å². The van der Waals surface area contributed by atoms with Gasteiger partial charge in [-0.25, -0.2) is 4.79 Å². The predicted molar refractivity (Wildman–Crippen MR) is 110 cm³/mol. The zero-order chi connectivity index (χ0) is 21.6. The molecule has 160 valence electrons. The summed E-state index contributed by atoms with van der Waals surface area (Å²) in [5, 5.41) is 5.72. The molecule has 0 unspecified atom stereocenters. The van der Waals surface area contributed by atoms with Crippen molar-refractivity contribution in [3.8, 4) is 11.5 Å². The SMILES string of the molecule is C[C@]1(c2ccc3c(c2)OCO3)NC(=O)N(CC(=O)N[C@H]2CCCc3ccccc32)C1=O. The molecule has 5 rings (SSSR count). The Morgan fingerprint density at radius 1 is 1.19 bits per heavy atom. The van der Waals surface area contributed by atoms with Crippen molar-refractivity contribution in [2.45, 2.75) is 37.8 Å². The first-order valence-electron chi connectivity index (χ1n) is 10.4. The second-order valence-corrected chi connectivity index (χ2v) is 8.23. The number of rotatable bonds is 4. The predicted octanol–water partition coefficient (Wildman–Crippen LogP) is 2.38. The summed E-state index contributed by atoms with van der Waals surface area (Å²) in [7, 11) is 0.